The van der Waals surface area contributed by atoms with Gasteiger partial charge in [-0.15, -0.1) is 0 Å². The summed E-state index contributed by atoms with van der Waals surface area (Å²) in [7, 11) is 0. The number of carboxylic acid groups (broad SMARTS) is 1. The molecule has 3 unspecified atom stereocenters. The normalized spacial score (nSPS) is 49.5. The van der Waals surface area contributed by atoms with Gasteiger partial charge in [0, 0.05) is 19.3 Å². The fourth-order valence-electron chi connectivity index (χ4n) is 12.2. The number of esters is 2. The Morgan fingerprint density at radius 3 is 2.10 bits per heavy atom. The minimum absolute atomic E-state index is 0.0251. The third-order valence-corrected chi connectivity index (χ3v) is 14.1. The predicted octanol–water partition coefficient (Wildman–Crippen LogP) is 7.20. The number of fused-ring (bicyclic) bond motifs is 7. The lowest BCUT2D eigenvalue weighted by atomic mass is 9.32. The average Bonchev–Trinajstić information content (AvgIpc) is 3.26. The molecule has 0 bridgehead atoms. The molecule has 224 valence electrons. The van der Waals surface area contributed by atoms with E-state index in [1.54, 1.807) is 0 Å². The van der Waals surface area contributed by atoms with Gasteiger partial charge in [0.25, 0.3) is 0 Å². The number of allylic oxidation sites excluding steroid dienone is 1. The standard InChI is InChI=1S/C34H52O6/c1-20(2)23-11-16-34(29(37)38)18-17-32(7)24(28(23)34)9-10-26-30(5)14-13-27(40-22(4)36)31(6,19-39-21(3)35)25(30)12-15-33(26,32)8/h23-28H,1,9-19H2,2-8H3,(H,37,38)/t23-,24?,25+,26?,27-,28?,30-,31-,32+,33+,34-/m0/s1. The SMILES string of the molecule is C=C(C)[C@@H]1CC[C@]2(C(=O)O)CC[C@]3(C)C(CCC4[C@@]5(C)CC[C@H](OC(C)=O)[C@@](C)(COC(C)=O)[C@@H]5CC[C@]43C)C12. The van der Waals surface area contributed by atoms with Crippen LogP contribution in [0.25, 0.3) is 0 Å². The number of aliphatic carboxylic acids is 1. The van der Waals surface area contributed by atoms with E-state index in [-0.39, 0.29) is 52.7 Å². The van der Waals surface area contributed by atoms with Crippen LogP contribution in [-0.2, 0) is 23.9 Å². The van der Waals surface area contributed by atoms with E-state index in [2.05, 4.69) is 41.2 Å². The van der Waals surface area contributed by atoms with Crippen LogP contribution in [0.2, 0.25) is 0 Å². The zero-order valence-electron chi connectivity index (χ0n) is 25.9. The van der Waals surface area contributed by atoms with Crippen LogP contribution in [0.4, 0.5) is 0 Å². The van der Waals surface area contributed by atoms with Gasteiger partial charge in [-0.05, 0) is 117 Å². The summed E-state index contributed by atoms with van der Waals surface area (Å²) in [6.45, 7) is 19.4. The first-order valence-corrected chi connectivity index (χ1v) is 15.8. The van der Waals surface area contributed by atoms with Crippen molar-refractivity contribution in [1.82, 2.24) is 0 Å². The Morgan fingerprint density at radius 1 is 0.800 bits per heavy atom. The first-order chi connectivity index (χ1) is 18.6. The Labute approximate surface area is 241 Å². The summed E-state index contributed by atoms with van der Waals surface area (Å²) in [5, 5.41) is 10.6. The van der Waals surface area contributed by atoms with E-state index in [0.29, 0.717) is 17.8 Å². The van der Waals surface area contributed by atoms with Gasteiger partial charge in [-0.25, -0.2) is 0 Å². The van der Waals surface area contributed by atoms with Crippen LogP contribution in [0.1, 0.15) is 113 Å². The third kappa shape index (κ3) is 3.89. The summed E-state index contributed by atoms with van der Waals surface area (Å²) in [4.78, 5) is 36.9. The van der Waals surface area contributed by atoms with Crippen LogP contribution in [0, 0.1) is 56.7 Å². The zero-order chi connectivity index (χ0) is 29.5. The predicted molar refractivity (Wildman–Crippen MR) is 153 cm³/mol. The molecule has 6 nitrogen and oxygen atoms in total. The van der Waals surface area contributed by atoms with E-state index in [1.807, 2.05) is 0 Å². The molecule has 1 N–H and O–H groups in total. The van der Waals surface area contributed by atoms with Gasteiger partial charge in [-0.1, -0.05) is 39.8 Å². The molecule has 0 amide bonds. The van der Waals surface area contributed by atoms with Crippen molar-refractivity contribution in [3.8, 4) is 0 Å². The van der Waals surface area contributed by atoms with E-state index < -0.39 is 16.8 Å². The number of carbonyl (C=O) groups is 3. The van der Waals surface area contributed by atoms with Crippen molar-refractivity contribution in [2.45, 2.75) is 119 Å². The van der Waals surface area contributed by atoms with Crippen molar-refractivity contribution in [3.05, 3.63) is 12.2 Å². The van der Waals surface area contributed by atoms with Crippen molar-refractivity contribution in [1.29, 1.82) is 0 Å². The molecule has 0 aromatic rings. The molecular formula is C34H52O6. The summed E-state index contributed by atoms with van der Waals surface area (Å²) < 4.78 is 11.6. The summed E-state index contributed by atoms with van der Waals surface area (Å²) in [5.74, 6) is 0.436. The fourth-order valence-corrected chi connectivity index (χ4v) is 12.2. The number of carboxylic acids is 1. The second kappa shape index (κ2) is 9.59. The number of rotatable bonds is 5. The largest absolute Gasteiger partial charge is 0.481 e. The van der Waals surface area contributed by atoms with Crippen molar-refractivity contribution in [2.75, 3.05) is 6.61 Å². The zero-order valence-corrected chi connectivity index (χ0v) is 25.9. The highest BCUT2D eigenvalue weighted by Crippen LogP contribution is 2.77. The highest BCUT2D eigenvalue weighted by atomic mass is 16.6. The third-order valence-electron chi connectivity index (χ3n) is 14.1. The average molecular weight is 557 g/mol. The maximum atomic E-state index is 12.9. The molecule has 0 aliphatic heterocycles. The van der Waals surface area contributed by atoms with Crippen LogP contribution in [0.3, 0.4) is 0 Å². The smallest absolute Gasteiger partial charge is 0.309 e. The molecule has 0 heterocycles. The first kappa shape index (κ1) is 29.6. The molecule has 6 heteroatoms. The Hall–Kier alpha value is -1.85. The van der Waals surface area contributed by atoms with Crippen LogP contribution < -0.4 is 0 Å². The molecule has 5 saturated carbocycles. The Balaban J connectivity index is 1.53. The number of ether oxygens (including phenoxy) is 2. The minimum atomic E-state index is -0.608. The van der Waals surface area contributed by atoms with Gasteiger partial charge in [0.1, 0.15) is 12.7 Å². The van der Waals surface area contributed by atoms with E-state index in [4.69, 9.17) is 9.47 Å². The van der Waals surface area contributed by atoms with Gasteiger partial charge in [-0.3, -0.25) is 14.4 Å². The van der Waals surface area contributed by atoms with Crippen LogP contribution in [0.15, 0.2) is 12.2 Å². The minimum Gasteiger partial charge on any atom is -0.481 e. The second-order valence-electron chi connectivity index (χ2n) is 15.6. The lowest BCUT2D eigenvalue weighted by Crippen LogP contribution is -2.68. The van der Waals surface area contributed by atoms with Gasteiger partial charge in [0.2, 0.25) is 0 Å². The molecule has 0 aromatic heterocycles. The summed E-state index contributed by atoms with van der Waals surface area (Å²) in [6.07, 6.45) is 9.20. The number of hydrogen-bond acceptors (Lipinski definition) is 5. The van der Waals surface area contributed by atoms with Crippen LogP contribution in [-0.4, -0.2) is 35.7 Å². The molecule has 0 spiro atoms. The van der Waals surface area contributed by atoms with E-state index in [9.17, 15) is 19.5 Å². The van der Waals surface area contributed by atoms with Crippen molar-refractivity contribution >= 4 is 17.9 Å². The molecule has 11 atom stereocenters. The second-order valence-corrected chi connectivity index (χ2v) is 15.6. The Bertz CT molecular complexity index is 1100. The van der Waals surface area contributed by atoms with Gasteiger partial charge in [-0.2, -0.15) is 0 Å². The molecule has 5 aliphatic rings. The lowest BCUT2D eigenvalue weighted by molar-refractivity contribution is -0.257. The molecule has 0 aromatic carbocycles. The first-order valence-electron chi connectivity index (χ1n) is 15.8. The summed E-state index contributed by atoms with van der Waals surface area (Å²) in [5.41, 5.74) is 0.283. The number of hydrogen-bond donors (Lipinski definition) is 1. The van der Waals surface area contributed by atoms with Gasteiger partial charge in [0.15, 0.2) is 0 Å². The fraction of sp³-hybridized carbons (Fsp3) is 0.853. The molecular weight excluding hydrogens is 504 g/mol. The molecule has 40 heavy (non-hydrogen) atoms. The van der Waals surface area contributed by atoms with Gasteiger partial charge >= 0.3 is 17.9 Å². The highest BCUT2D eigenvalue weighted by molar-refractivity contribution is 5.76. The van der Waals surface area contributed by atoms with Crippen LogP contribution >= 0.6 is 0 Å². The Kier molecular flexibility index (Phi) is 7.11. The molecule has 0 saturated heterocycles. The summed E-state index contributed by atoms with van der Waals surface area (Å²) >= 11 is 0. The molecule has 0 radical (unpaired) electrons. The van der Waals surface area contributed by atoms with Gasteiger partial charge in [0.05, 0.1) is 5.41 Å². The monoisotopic (exact) mass is 556 g/mol. The Morgan fingerprint density at radius 2 is 1.50 bits per heavy atom. The van der Waals surface area contributed by atoms with Gasteiger partial charge < -0.3 is 14.6 Å². The maximum Gasteiger partial charge on any atom is 0.309 e. The number of carbonyl (C=O) groups excluding carboxylic acids is 2. The van der Waals surface area contributed by atoms with Crippen molar-refractivity contribution in [2.24, 2.45) is 56.7 Å². The quantitative estimate of drug-likeness (QED) is 0.284. The van der Waals surface area contributed by atoms with E-state index in [1.165, 1.54) is 13.8 Å². The molecule has 5 aliphatic carbocycles. The molecule has 5 rings (SSSR count). The molecule has 5 fully saturated rings. The van der Waals surface area contributed by atoms with E-state index >= 15 is 0 Å². The maximum absolute atomic E-state index is 12.9. The lowest BCUT2D eigenvalue weighted by Gasteiger charge is -2.72. The van der Waals surface area contributed by atoms with Crippen LogP contribution in [0.5, 0.6) is 0 Å². The van der Waals surface area contributed by atoms with E-state index in [0.717, 1.165) is 69.8 Å². The topological polar surface area (TPSA) is 89.9 Å². The summed E-state index contributed by atoms with van der Waals surface area (Å²) in [6, 6.07) is 0. The van der Waals surface area contributed by atoms with Crippen molar-refractivity contribution in [3.63, 3.8) is 0 Å². The van der Waals surface area contributed by atoms with Crippen molar-refractivity contribution < 1.29 is 29.0 Å². The highest BCUT2D eigenvalue weighted by Gasteiger charge is 2.72.